The van der Waals surface area contributed by atoms with Gasteiger partial charge in [0.1, 0.15) is 0 Å². The minimum absolute atomic E-state index is 0.329. The average Bonchev–Trinajstić information content (AvgIpc) is 2.63. The maximum absolute atomic E-state index is 12.4. The van der Waals surface area contributed by atoms with Crippen molar-refractivity contribution >= 4 is 21.6 Å². The van der Waals surface area contributed by atoms with Crippen LogP contribution in [0.3, 0.4) is 0 Å². The highest BCUT2D eigenvalue weighted by atomic mass is 32.2. The molecule has 1 aromatic rings. The van der Waals surface area contributed by atoms with E-state index in [9.17, 15) is 8.42 Å². The van der Waals surface area contributed by atoms with Crippen LogP contribution in [0.4, 0.5) is 5.69 Å². The van der Waals surface area contributed by atoms with E-state index in [2.05, 4.69) is 4.90 Å². The van der Waals surface area contributed by atoms with Crippen molar-refractivity contribution in [2.24, 2.45) is 0 Å². The molecular formula is C13H16N2O3S. The molecule has 0 atom stereocenters. The molecule has 5 nitrogen and oxygen atoms in total. The van der Waals surface area contributed by atoms with Crippen LogP contribution in [0.5, 0.6) is 0 Å². The normalized spacial score (nSPS) is 22.0. The highest BCUT2D eigenvalue weighted by Gasteiger charge is 2.31. The van der Waals surface area contributed by atoms with Crippen LogP contribution >= 0.6 is 0 Å². The fourth-order valence-electron chi connectivity index (χ4n) is 2.41. The topological polar surface area (TPSA) is 72.6 Å². The molecule has 0 aromatic heterocycles. The van der Waals surface area contributed by atoms with Crippen molar-refractivity contribution in [1.82, 2.24) is 4.90 Å². The van der Waals surface area contributed by atoms with Crippen LogP contribution in [0.2, 0.25) is 0 Å². The Bertz CT molecular complexity index is 631. The molecule has 3 rings (SSSR count). The monoisotopic (exact) mass is 280 g/mol. The molecule has 0 spiro atoms. The number of benzene rings is 1. The van der Waals surface area contributed by atoms with Gasteiger partial charge in [-0.2, -0.15) is 0 Å². The fraction of sp³-hybridized carbons (Fsp3) is 0.385. The van der Waals surface area contributed by atoms with Crippen molar-refractivity contribution in [2.75, 3.05) is 38.6 Å². The second-order valence-corrected chi connectivity index (χ2v) is 6.77. The smallest absolute Gasteiger partial charge is 0.204 e. The average molecular weight is 280 g/mol. The third kappa shape index (κ3) is 2.27. The Balaban J connectivity index is 1.88. The van der Waals surface area contributed by atoms with Gasteiger partial charge in [0.2, 0.25) is 9.84 Å². The van der Waals surface area contributed by atoms with Crippen LogP contribution in [-0.4, -0.2) is 46.2 Å². The molecule has 0 aliphatic carbocycles. The lowest BCUT2D eigenvalue weighted by Crippen LogP contribution is -2.38. The summed E-state index contributed by atoms with van der Waals surface area (Å²) in [6.45, 7) is 3.30. The summed E-state index contributed by atoms with van der Waals surface area (Å²) in [5.74, 6) is 0. The number of sulfone groups is 1. The summed E-state index contributed by atoms with van der Waals surface area (Å²) in [4.78, 5) is 2.88. The van der Waals surface area contributed by atoms with Gasteiger partial charge in [0.05, 0.1) is 23.0 Å². The molecule has 1 aromatic carbocycles. The molecule has 1 fully saturated rings. The molecular weight excluding hydrogens is 264 g/mol. The van der Waals surface area contributed by atoms with Gasteiger partial charge in [0.25, 0.3) is 0 Å². The summed E-state index contributed by atoms with van der Waals surface area (Å²) in [5.41, 5.74) is 6.88. The van der Waals surface area contributed by atoms with Gasteiger partial charge in [-0.05, 0) is 23.8 Å². The molecule has 0 saturated carbocycles. The van der Waals surface area contributed by atoms with Crippen LogP contribution in [0.1, 0.15) is 5.56 Å². The molecule has 1 saturated heterocycles. The van der Waals surface area contributed by atoms with Crippen molar-refractivity contribution in [3.8, 4) is 0 Å². The standard InChI is InChI=1S/C13H16N2O3S/c14-11-2-1-10-7-12(19(16,17)13(10)8-11)9-15-3-5-18-6-4-15/h1-2,7-8H,3-6,9,14H2. The molecule has 0 amide bonds. The Morgan fingerprint density at radius 3 is 2.74 bits per heavy atom. The van der Waals surface area contributed by atoms with Gasteiger partial charge in [-0.15, -0.1) is 0 Å². The molecule has 102 valence electrons. The Morgan fingerprint density at radius 1 is 1.26 bits per heavy atom. The second kappa shape index (κ2) is 4.63. The van der Waals surface area contributed by atoms with E-state index in [0.29, 0.717) is 35.2 Å². The summed E-state index contributed by atoms with van der Waals surface area (Å²) in [6.07, 6.45) is 1.75. The van der Waals surface area contributed by atoms with E-state index in [0.717, 1.165) is 18.7 Å². The predicted octanol–water partition coefficient (Wildman–Crippen LogP) is 0.729. The number of rotatable bonds is 2. The van der Waals surface area contributed by atoms with Crippen molar-refractivity contribution in [2.45, 2.75) is 4.90 Å². The summed E-state index contributed by atoms with van der Waals surface area (Å²) >= 11 is 0. The summed E-state index contributed by atoms with van der Waals surface area (Å²) in [6, 6.07) is 5.02. The number of hydrogen-bond donors (Lipinski definition) is 1. The third-order valence-electron chi connectivity index (χ3n) is 3.47. The van der Waals surface area contributed by atoms with E-state index in [1.165, 1.54) is 6.07 Å². The quantitative estimate of drug-likeness (QED) is 0.809. The Morgan fingerprint density at radius 2 is 2.00 bits per heavy atom. The number of ether oxygens (including phenoxy) is 1. The van der Waals surface area contributed by atoms with Gasteiger partial charge in [0.15, 0.2) is 0 Å². The molecule has 19 heavy (non-hydrogen) atoms. The maximum atomic E-state index is 12.4. The lowest BCUT2D eigenvalue weighted by atomic mass is 10.2. The molecule has 0 bridgehead atoms. The molecule has 2 heterocycles. The largest absolute Gasteiger partial charge is 0.399 e. The van der Waals surface area contributed by atoms with Crippen molar-refractivity contribution in [3.05, 3.63) is 28.7 Å². The first-order valence-electron chi connectivity index (χ1n) is 6.23. The van der Waals surface area contributed by atoms with Gasteiger partial charge < -0.3 is 10.5 Å². The van der Waals surface area contributed by atoms with Gasteiger partial charge in [-0.3, -0.25) is 4.90 Å². The first kappa shape index (κ1) is 12.7. The van der Waals surface area contributed by atoms with Crippen LogP contribution in [-0.2, 0) is 14.6 Å². The SMILES string of the molecule is Nc1ccc2c(c1)S(=O)(=O)C(CN1CCOCC1)=C2. The third-order valence-corrected chi connectivity index (χ3v) is 5.34. The number of fused-ring (bicyclic) bond motifs is 1. The lowest BCUT2D eigenvalue weighted by Gasteiger charge is -2.26. The summed E-state index contributed by atoms with van der Waals surface area (Å²) in [5, 5.41) is 0. The van der Waals surface area contributed by atoms with Gasteiger partial charge in [-0.25, -0.2) is 8.42 Å². The minimum Gasteiger partial charge on any atom is -0.399 e. The van der Waals surface area contributed by atoms with E-state index in [1.54, 1.807) is 18.2 Å². The second-order valence-electron chi connectivity index (χ2n) is 4.80. The summed E-state index contributed by atoms with van der Waals surface area (Å²) < 4.78 is 30.1. The Kier molecular flexibility index (Phi) is 3.08. The van der Waals surface area contributed by atoms with Crippen LogP contribution in [0, 0.1) is 0 Å². The van der Waals surface area contributed by atoms with E-state index < -0.39 is 9.84 Å². The van der Waals surface area contributed by atoms with E-state index >= 15 is 0 Å². The highest BCUT2D eigenvalue weighted by molar-refractivity contribution is 7.95. The van der Waals surface area contributed by atoms with E-state index in [1.807, 2.05) is 0 Å². The van der Waals surface area contributed by atoms with Gasteiger partial charge in [0, 0.05) is 25.3 Å². The van der Waals surface area contributed by atoms with Crippen molar-refractivity contribution in [3.63, 3.8) is 0 Å². The highest BCUT2D eigenvalue weighted by Crippen LogP contribution is 2.34. The van der Waals surface area contributed by atoms with Crippen molar-refractivity contribution in [1.29, 1.82) is 0 Å². The number of nitrogens with two attached hydrogens (primary N) is 1. The van der Waals surface area contributed by atoms with Crippen molar-refractivity contribution < 1.29 is 13.2 Å². The van der Waals surface area contributed by atoms with Gasteiger partial charge in [-0.1, -0.05) is 6.07 Å². The Labute approximate surface area is 112 Å². The molecule has 2 aliphatic rings. The van der Waals surface area contributed by atoms with Crippen LogP contribution in [0.15, 0.2) is 28.0 Å². The minimum atomic E-state index is -3.37. The molecule has 6 heteroatoms. The first-order chi connectivity index (χ1) is 9.07. The predicted molar refractivity (Wildman–Crippen MR) is 73.3 cm³/mol. The number of nitrogens with zero attached hydrogens (tertiary/aromatic N) is 1. The Hall–Kier alpha value is -1.37. The van der Waals surface area contributed by atoms with E-state index in [4.69, 9.17) is 10.5 Å². The number of morpholine rings is 1. The number of nitrogen functional groups attached to an aromatic ring is 1. The molecule has 2 aliphatic heterocycles. The summed E-state index contributed by atoms with van der Waals surface area (Å²) in [7, 11) is -3.37. The van der Waals surface area contributed by atoms with Crippen LogP contribution < -0.4 is 5.73 Å². The fourth-order valence-corrected chi connectivity index (χ4v) is 4.05. The molecule has 0 radical (unpaired) electrons. The van der Waals surface area contributed by atoms with E-state index in [-0.39, 0.29) is 0 Å². The van der Waals surface area contributed by atoms with Crippen LogP contribution in [0.25, 0.3) is 6.08 Å². The zero-order chi connectivity index (χ0) is 13.5. The number of anilines is 1. The maximum Gasteiger partial charge on any atom is 0.204 e. The number of hydrogen-bond acceptors (Lipinski definition) is 5. The first-order valence-corrected chi connectivity index (χ1v) is 7.71. The zero-order valence-corrected chi connectivity index (χ0v) is 11.3. The molecule has 2 N–H and O–H groups in total. The lowest BCUT2D eigenvalue weighted by molar-refractivity contribution is 0.0430. The zero-order valence-electron chi connectivity index (χ0n) is 10.5. The molecule has 0 unspecified atom stereocenters. The van der Waals surface area contributed by atoms with Gasteiger partial charge >= 0.3 is 0 Å².